The molecule has 0 fully saturated rings. The number of rotatable bonds is 1. The molecule has 0 aliphatic rings. The fraction of sp³-hybridized carbons (Fsp3) is 0. The van der Waals surface area contributed by atoms with Gasteiger partial charge in [-0.3, -0.25) is 4.98 Å². The predicted molar refractivity (Wildman–Crippen MR) is 54.9 cm³/mol. The molecular weight excluding hydrogens is 180 g/mol. The Kier molecular flexibility index (Phi) is 2.19. The SMILES string of the molecule is S=c1cnc(-c2ccccc2)c[nH]1. The third kappa shape index (κ3) is 1.81. The van der Waals surface area contributed by atoms with Crippen molar-refractivity contribution in [3.8, 4) is 11.3 Å². The smallest absolute Gasteiger partial charge is 0.121 e. The molecule has 0 aliphatic heterocycles. The van der Waals surface area contributed by atoms with E-state index in [-0.39, 0.29) is 0 Å². The number of H-pyrrole nitrogens is 1. The van der Waals surface area contributed by atoms with Crippen LogP contribution in [0.1, 0.15) is 0 Å². The summed E-state index contributed by atoms with van der Waals surface area (Å²) < 4.78 is 0.652. The zero-order valence-electron chi connectivity index (χ0n) is 6.90. The molecular formula is C10H8N2S. The van der Waals surface area contributed by atoms with E-state index < -0.39 is 0 Å². The number of hydrogen-bond acceptors (Lipinski definition) is 2. The molecule has 13 heavy (non-hydrogen) atoms. The van der Waals surface area contributed by atoms with Crippen LogP contribution in [0.2, 0.25) is 0 Å². The first kappa shape index (κ1) is 8.13. The van der Waals surface area contributed by atoms with E-state index in [1.54, 1.807) is 6.20 Å². The van der Waals surface area contributed by atoms with Gasteiger partial charge in [0.05, 0.1) is 11.9 Å². The molecule has 64 valence electrons. The van der Waals surface area contributed by atoms with Crippen LogP contribution in [-0.2, 0) is 0 Å². The van der Waals surface area contributed by atoms with Crippen molar-refractivity contribution in [3.63, 3.8) is 0 Å². The molecule has 3 heteroatoms. The highest BCUT2D eigenvalue weighted by atomic mass is 32.1. The number of benzene rings is 1. The largest absolute Gasteiger partial charge is 0.350 e. The second-order valence-electron chi connectivity index (χ2n) is 2.66. The van der Waals surface area contributed by atoms with Crippen molar-refractivity contribution in [2.45, 2.75) is 0 Å². The Morgan fingerprint density at radius 2 is 1.92 bits per heavy atom. The second-order valence-corrected chi connectivity index (χ2v) is 3.10. The molecule has 1 aromatic carbocycles. The van der Waals surface area contributed by atoms with E-state index in [9.17, 15) is 0 Å². The Morgan fingerprint density at radius 3 is 2.54 bits per heavy atom. The van der Waals surface area contributed by atoms with Crippen molar-refractivity contribution in [3.05, 3.63) is 47.4 Å². The standard InChI is InChI=1S/C10H8N2S/c13-10-7-11-9(6-12-10)8-4-2-1-3-5-8/h1-7H,(H,12,13). The molecule has 2 aromatic rings. The third-order valence-corrected chi connectivity index (χ3v) is 1.96. The van der Waals surface area contributed by atoms with Gasteiger partial charge in [-0.05, 0) is 0 Å². The average molecular weight is 188 g/mol. The van der Waals surface area contributed by atoms with Gasteiger partial charge in [-0.15, -0.1) is 0 Å². The molecule has 0 spiro atoms. The minimum atomic E-state index is 0.652. The van der Waals surface area contributed by atoms with E-state index in [1.807, 2.05) is 36.5 Å². The van der Waals surface area contributed by atoms with Crippen molar-refractivity contribution >= 4 is 12.2 Å². The van der Waals surface area contributed by atoms with Gasteiger partial charge in [0.1, 0.15) is 4.64 Å². The van der Waals surface area contributed by atoms with Gasteiger partial charge in [-0.25, -0.2) is 0 Å². The van der Waals surface area contributed by atoms with Gasteiger partial charge in [0.25, 0.3) is 0 Å². The lowest BCUT2D eigenvalue weighted by Gasteiger charge is -1.97. The minimum absolute atomic E-state index is 0.652. The molecule has 2 rings (SSSR count). The van der Waals surface area contributed by atoms with E-state index in [4.69, 9.17) is 12.2 Å². The molecule has 0 aliphatic carbocycles. The number of aromatic amines is 1. The monoisotopic (exact) mass is 188 g/mol. The van der Waals surface area contributed by atoms with Crippen LogP contribution in [0, 0.1) is 4.64 Å². The highest BCUT2D eigenvalue weighted by Crippen LogP contribution is 2.13. The second kappa shape index (κ2) is 3.49. The lowest BCUT2D eigenvalue weighted by molar-refractivity contribution is 1.18. The highest BCUT2D eigenvalue weighted by molar-refractivity contribution is 7.71. The number of nitrogens with one attached hydrogen (secondary N) is 1. The summed E-state index contributed by atoms with van der Waals surface area (Å²) in [5, 5.41) is 0. The van der Waals surface area contributed by atoms with Gasteiger partial charge < -0.3 is 4.98 Å². The van der Waals surface area contributed by atoms with E-state index in [0.29, 0.717) is 4.64 Å². The normalized spacial score (nSPS) is 9.85. The first-order chi connectivity index (χ1) is 6.36. The maximum atomic E-state index is 4.90. The summed E-state index contributed by atoms with van der Waals surface area (Å²) in [6, 6.07) is 9.98. The van der Waals surface area contributed by atoms with Crippen LogP contribution in [0.25, 0.3) is 11.3 Å². The quantitative estimate of drug-likeness (QED) is 0.697. The van der Waals surface area contributed by atoms with Gasteiger partial charge in [0.2, 0.25) is 0 Å². The van der Waals surface area contributed by atoms with Crippen LogP contribution >= 0.6 is 12.2 Å². The summed E-state index contributed by atoms with van der Waals surface area (Å²) in [6.45, 7) is 0. The van der Waals surface area contributed by atoms with Gasteiger partial charge in [0, 0.05) is 11.8 Å². The Morgan fingerprint density at radius 1 is 1.15 bits per heavy atom. The van der Waals surface area contributed by atoms with Gasteiger partial charge in [0.15, 0.2) is 0 Å². The average Bonchev–Trinajstić information content (AvgIpc) is 2.20. The molecule has 2 nitrogen and oxygen atoms in total. The molecule has 1 aromatic heterocycles. The van der Waals surface area contributed by atoms with Crippen LogP contribution in [0.15, 0.2) is 42.7 Å². The Labute approximate surface area is 81.3 Å². The number of hydrogen-bond donors (Lipinski definition) is 1. The summed E-state index contributed by atoms with van der Waals surface area (Å²) in [7, 11) is 0. The van der Waals surface area contributed by atoms with Crippen LogP contribution in [0.3, 0.4) is 0 Å². The third-order valence-electron chi connectivity index (χ3n) is 1.74. The topological polar surface area (TPSA) is 28.7 Å². The summed E-state index contributed by atoms with van der Waals surface area (Å²) >= 11 is 4.90. The Balaban J connectivity index is 2.48. The molecule has 0 unspecified atom stereocenters. The maximum absolute atomic E-state index is 4.90. The lowest BCUT2D eigenvalue weighted by atomic mass is 10.2. The summed E-state index contributed by atoms with van der Waals surface area (Å²) in [5.74, 6) is 0. The van der Waals surface area contributed by atoms with Crippen molar-refractivity contribution in [1.82, 2.24) is 9.97 Å². The molecule has 0 saturated carbocycles. The number of nitrogens with zero attached hydrogens (tertiary/aromatic N) is 1. The predicted octanol–water partition coefficient (Wildman–Crippen LogP) is 2.81. The first-order valence-corrected chi connectivity index (χ1v) is 4.37. The minimum Gasteiger partial charge on any atom is -0.350 e. The fourth-order valence-electron chi connectivity index (χ4n) is 1.11. The molecule has 0 atom stereocenters. The molecule has 0 saturated heterocycles. The van der Waals surface area contributed by atoms with Crippen LogP contribution in [0.5, 0.6) is 0 Å². The Bertz CT molecular complexity index is 427. The van der Waals surface area contributed by atoms with E-state index in [0.717, 1.165) is 11.3 Å². The molecule has 0 amide bonds. The van der Waals surface area contributed by atoms with Gasteiger partial charge in [-0.1, -0.05) is 42.5 Å². The van der Waals surface area contributed by atoms with Gasteiger partial charge >= 0.3 is 0 Å². The van der Waals surface area contributed by atoms with Crippen molar-refractivity contribution < 1.29 is 0 Å². The highest BCUT2D eigenvalue weighted by Gasteiger charge is 1.95. The first-order valence-electron chi connectivity index (χ1n) is 3.96. The van der Waals surface area contributed by atoms with Crippen LogP contribution in [-0.4, -0.2) is 9.97 Å². The lowest BCUT2D eigenvalue weighted by Crippen LogP contribution is -1.84. The van der Waals surface area contributed by atoms with E-state index in [2.05, 4.69) is 9.97 Å². The fourth-order valence-corrected chi connectivity index (χ4v) is 1.22. The van der Waals surface area contributed by atoms with E-state index in [1.165, 1.54) is 0 Å². The summed E-state index contributed by atoms with van der Waals surface area (Å²) in [4.78, 5) is 7.16. The maximum Gasteiger partial charge on any atom is 0.121 e. The van der Waals surface area contributed by atoms with Gasteiger partial charge in [-0.2, -0.15) is 0 Å². The van der Waals surface area contributed by atoms with Crippen molar-refractivity contribution in [2.75, 3.05) is 0 Å². The number of aromatic nitrogens is 2. The Hall–Kier alpha value is -1.48. The van der Waals surface area contributed by atoms with Crippen LogP contribution in [0.4, 0.5) is 0 Å². The van der Waals surface area contributed by atoms with Crippen LogP contribution < -0.4 is 0 Å². The van der Waals surface area contributed by atoms with Crippen molar-refractivity contribution in [2.24, 2.45) is 0 Å². The summed E-state index contributed by atoms with van der Waals surface area (Å²) in [6.07, 6.45) is 3.47. The zero-order chi connectivity index (χ0) is 9.10. The molecule has 1 heterocycles. The molecule has 0 bridgehead atoms. The van der Waals surface area contributed by atoms with E-state index >= 15 is 0 Å². The molecule has 1 N–H and O–H groups in total. The summed E-state index contributed by atoms with van der Waals surface area (Å²) in [5.41, 5.74) is 2.00. The molecule has 0 radical (unpaired) electrons. The van der Waals surface area contributed by atoms with Crippen molar-refractivity contribution in [1.29, 1.82) is 0 Å². The zero-order valence-corrected chi connectivity index (χ0v) is 7.71.